The van der Waals surface area contributed by atoms with E-state index < -0.39 is 12.4 Å². The van der Waals surface area contributed by atoms with Gasteiger partial charge in [-0.15, -0.1) is 5.46 Å². The van der Waals surface area contributed by atoms with Crippen LogP contribution in [0.5, 0.6) is 0 Å². The molecule has 0 saturated carbocycles. The van der Waals surface area contributed by atoms with Gasteiger partial charge in [0, 0.05) is 56.4 Å². The molecule has 0 aliphatic rings. The maximum Gasteiger partial charge on any atom is 1.00 e. The van der Waals surface area contributed by atoms with Gasteiger partial charge in [0.25, 0.3) is 0 Å². The van der Waals surface area contributed by atoms with Gasteiger partial charge >= 0.3 is 8.40 Å². The number of benzene rings is 1. The summed E-state index contributed by atoms with van der Waals surface area (Å²) >= 11 is 5.40. The van der Waals surface area contributed by atoms with Crippen molar-refractivity contribution in [2.75, 3.05) is 0 Å². The Kier molecular flexibility index (Phi) is 5.44. The predicted octanol–water partition coefficient (Wildman–Crippen LogP) is 2.13. The summed E-state index contributed by atoms with van der Waals surface area (Å²) in [6, 6.07) is 4.41. The van der Waals surface area contributed by atoms with Crippen molar-refractivity contribution >= 4 is 75.4 Å². The van der Waals surface area contributed by atoms with Gasteiger partial charge in [0.05, 0.1) is 0 Å². The van der Waals surface area contributed by atoms with E-state index in [-0.39, 0.29) is 52.8 Å². The van der Waals surface area contributed by atoms with Crippen LogP contribution in [-0.2, 0) is 0 Å². The van der Waals surface area contributed by atoms with E-state index in [1.165, 1.54) is 12.1 Å². The van der Waals surface area contributed by atoms with E-state index in [2.05, 4.69) is 0 Å². The van der Waals surface area contributed by atoms with Crippen molar-refractivity contribution in [2.24, 2.45) is 0 Å². The van der Waals surface area contributed by atoms with Crippen LogP contribution >= 0.6 is 11.6 Å². The van der Waals surface area contributed by atoms with Crippen molar-refractivity contribution < 1.29 is 14.4 Å². The zero-order valence-electron chi connectivity index (χ0n) is 7.40. The van der Waals surface area contributed by atoms with Crippen LogP contribution in [0.2, 0.25) is 5.02 Å². The molecule has 0 heterocycles. The maximum absolute atomic E-state index is 11.9. The van der Waals surface area contributed by atoms with Gasteiger partial charge in [-0.2, -0.15) is 0 Å². The summed E-state index contributed by atoms with van der Waals surface area (Å²) in [5, 5.41) is 0.314. The van der Waals surface area contributed by atoms with Crippen LogP contribution in [0.1, 0.15) is 1.43 Å². The first kappa shape index (κ1) is 13.0. The van der Waals surface area contributed by atoms with Crippen molar-refractivity contribution in [3.8, 4) is 0 Å². The fourth-order valence-corrected chi connectivity index (χ4v) is 0.807. The average molecular weight is 219 g/mol. The first-order valence-corrected chi connectivity index (χ1v) is 3.33. The van der Waals surface area contributed by atoms with E-state index in [4.69, 9.17) is 11.6 Å². The summed E-state index contributed by atoms with van der Waals surface area (Å²) in [5.41, 5.74) is -0.616. The van der Waals surface area contributed by atoms with E-state index in [0.29, 0.717) is 5.02 Å². The van der Waals surface area contributed by atoms with Crippen molar-refractivity contribution in [1.29, 1.82) is 0 Å². The molecule has 0 nitrogen and oxygen atoms in total. The van der Waals surface area contributed by atoms with E-state index in [1.807, 2.05) is 0 Å². The molecule has 61 valence electrons. The molecule has 0 bridgehead atoms. The molecule has 0 fully saturated rings. The predicted molar refractivity (Wildman–Crippen MR) is 47.0 cm³/mol. The Morgan fingerprint density at radius 3 is 1.83 bits per heavy atom. The Morgan fingerprint density at radius 2 is 1.50 bits per heavy atom. The third-order valence-electron chi connectivity index (χ3n) is 1.25. The molecule has 1 rings (SSSR count). The second kappa shape index (κ2) is 5.03. The van der Waals surface area contributed by atoms with Crippen molar-refractivity contribution in [1.82, 2.24) is 0 Å². The summed E-state index contributed by atoms with van der Waals surface area (Å²) in [6.07, 6.45) is 0. The first-order chi connectivity index (χ1) is 5.00. The molecule has 1 aromatic rings. The van der Waals surface area contributed by atoms with Gasteiger partial charge in [-0.25, -0.2) is 0 Å². The van der Waals surface area contributed by atoms with Crippen LogP contribution < -0.4 is 5.46 Å². The molecule has 0 aliphatic heterocycles. The second-order valence-corrected chi connectivity index (χ2v) is 2.56. The Labute approximate surface area is 117 Å². The Hall–Kier alpha value is 1.00. The molecule has 0 atom stereocenters. The van der Waals surface area contributed by atoms with Crippen LogP contribution in [0.3, 0.4) is 0 Å². The molecule has 12 heavy (non-hydrogen) atoms. The minimum Gasteiger partial charge on any atom is -0.445 e. The van der Waals surface area contributed by atoms with Gasteiger partial charge < -0.3 is 12.9 Å². The zero-order valence-corrected chi connectivity index (χ0v) is 10.3. The fourth-order valence-electron chi connectivity index (χ4n) is 0.681. The van der Waals surface area contributed by atoms with Crippen LogP contribution in [0, 0.1) is 0 Å². The number of rotatable bonds is 1. The van der Waals surface area contributed by atoms with Gasteiger partial charge in [-0.1, -0.05) is 23.7 Å². The molecule has 6 heteroatoms. The largest absolute Gasteiger partial charge is 1.00 e. The fraction of sp³-hybridized carbons (Fsp3) is 0. The standard InChI is InChI=1S/C6H4BClF3.K/c8-6-3-1-5(2-4-6)7(9,10)11;/h1-4H;/q-1;/p+1. The summed E-state index contributed by atoms with van der Waals surface area (Å²) in [7, 11) is 0. The first-order valence-electron chi connectivity index (χ1n) is 2.95. The molecule has 0 saturated heterocycles. The Balaban J connectivity index is 0. The monoisotopic (exact) mass is 219 g/mol. The molecule has 0 spiro atoms. The summed E-state index contributed by atoms with van der Waals surface area (Å²) in [4.78, 5) is 0. The van der Waals surface area contributed by atoms with Gasteiger partial charge in [-0.3, -0.25) is 0 Å². The minimum absolute atomic E-state index is 0. The van der Waals surface area contributed by atoms with Crippen LogP contribution in [0.15, 0.2) is 24.3 Å². The van der Waals surface area contributed by atoms with E-state index in [1.54, 1.807) is 0 Å². The average Bonchev–Trinajstić information content (AvgIpc) is 1.86. The van der Waals surface area contributed by atoms with Gasteiger partial charge in [0.15, 0.2) is 0 Å². The molecule has 1 radical (unpaired) electrons. The molecule has 0 aliphatic carbocycles. The molecule has 0 amide bonds. The summed E-state index contributed by atoms with van der Waals surface area (Å²) in [5.74, 6) is 0. The summed E-state index contributed by atoms with van der Waals surface area (Å²) < 4.78 is 35.8. The van der Waals surface area contributed by atoms with E-state index >= 15 is 0 Å². The third kappa shape index (κ3) is 3.81. The van der Waals surface area contributed by atoms with Gasteiger partial charge in [0.1, 0.15) is 0 Å². The van der Waals surface area contributed by atoms with Crippen LogP contribution in [0.4, 0.5) is 12.9 Å². The SMILES string of the molecule is F[B-](F)(F)c1ccc(Cl)cc1.[H+].[K]. The van der Waals surface area contributed by atoms with Crippen molar-refractivity contribution in [2.45, 2.75) is 0 Å². The second-order valence-electron chi connectivity index (χ2n) is 2.13. The molecular formula is C6H5BClF3K. The number of halogens is 4. The zero-order chi connectivity index (χ0) is 8.48. The van der Waals surface area contributed by atoms with E-state index in [9.17, 15) is 12.9 Å². The molecule has 0 N–H and O–H groups in total. The summed E-state index contributed by atoms with van der Waals surface area (Å²) in [6.45, 7) is -4.88. The van der Waals surface area contributed by atoms with Crippen molar-refractivity contribution in [3.05, 3.63) is 29.3 Å². The maximum atomic E-state index is 11.9. The molecular weight excluding hydrogens is 214 g/mol. The number of hydrogen-bond donors (Lipinski definition) is 0. The molecule has 0 aromatic heterocycles. The normalized spacial score (nSPS) is 10.7. The van der Waals surface area contributed by atoms with Gasteiger partial charge in [-0.05, 0) is 12.1 Å². The van der Waals surface area contributed by atoms with Crippen LogP contribution in [-0.4, -0.2) is 58.4 Å². The third-order valence-corrected chi connectivity index (χ3v) is 1.50. The number of hydrogen-bond acceptors (Lipinski definition) is 0. The minimum atomic E-state index is -4.88. The van der Waals surface area contributed by atoms with Crippen LogP contribution in [0.25, 0.3) is 0 Å². The molecule has 0 unspecified atom stereocenters. The Bertz CT molecular complexity index is 251. The Morgan fingerprint density at radius 1 is 1.08 bits per heavy atom. The topological polar surface area (TPSA) is 0 Å². The molecule has 1 aromatic carbocycles. The van der Waals surface area contributed by atoms with Gasteiger partial charge in [0.2, 0.25) is 0 Å². The van der Waals surface area contributed by atoms with Crippen molar-refractivity contribution in [3.63, 3.8) is 0 Å². The van der Waals surface area contributed by atoms with E-state index in [0.717, 1.165) is 12.1 Å². The quantitative estimate of drug-likeness (QED) is 0.635. The smallest absolute Gasteiger partial charge is 0.445 e.